The van der Waals surface area contributed by atoms with Crippen molar-refractivity contribution in [2.75, 3.05) is 42.2 Å². The van der Waals surface area contributed by atoms with Gasteiger partial charge in [0, 0.05) is 35.5 Å². The van der Waals surface area contributed by atoms with Gasteiger partial charge in [0.15, 0.2) is 12.6 Å². The molecule has 25 heavy (non-hydrogen) atoms. The van der Waals surface area contributed by atoms with Crippen LogP contribution < -0.4 is 0 Å². The van der Waals surface area contributed by atoms with Crippen molar-refractivity contribution in [2.45, 2.75) is 62.2 Å². The van der Waals surface area contributed by atoms with Gasteiger partial charge in [0.05, 0.1) is 12.7 Å². The molecule has 148 valence electrons. The standard InChI is InChI=1S/C16H30O9/c1-8-10(17)12(19-3)14(21-5)16(24-8)25-11-9(18-2)7-23-15(22-6)13(11)20-4/h8-17H,7H2,1-6H3/t8-,9-,10+,11+,12+,13-,14-,15-,16-/m1/s1. The van der Waals surface area contributed by atoms with Gasteiger partial charge >= 0.3 is 0 Å². The Kier molecular flexibility index (Phi) is 7.99. The summed E-state index contributed by atoms with van der Waals surface area (Å²) in [5.74, 6) is 0. The molecule has 0 aromatic rings. The Morgan fingerprint density at radius 1 is 0.760 bits per heavy atom. The molecule has 2 aliphatic heterocycles. The molecule has 9 heteroatoms. The van der Waals surface area contributed by atoms with E-state index < -0.39 is 49.2 Å². The van der Waals surface area contributed by atoms with Gasteiger partial charge in [0.2, 0.25) is 0 Å². The van der Waals surface area contributed by atoms with Crippen LogP contribution in [0.4, 0.5) is 0 Å². The highest BCUT2D eigenvalue weighted by Gasteiger charge is 2.49. The van der Waals surface area contributed by atoms with Crippen LogP contribution in [0.3, 0.4) is 0 Å². The lowest BCUT2D eigenvalue weighted by molar-refractivity contribution is -0.350. The predicted molar refractivity (Wildman–Crippen MR) is 85.2 cm³/mol. The summed E-state index contributed by atoms with van der Waals surface area (Å²) in [6.07, 6.45) is -5.29. The van der Waals surface area contributed by atoms with E-state index in [0.29, 0.717) is 0 Å². The normalized spacial score (nSPS) is 45.5. The SMILES string of the molecule is CO[C@@H]1OC[C@@H](OC)[C@H](O[C@H]2O[C@H](C)[C@H](O)[C@H](OC)[C@H]2OC)[C@H]1OC. The fourth-order valence-electron chi connectivity index (χ4n) is 3.33. The Bertz CT molecular complexity index is 396. The minimum absolute atomic E-state index is 0.287. The summed E-state index contributed by atoms with van der Waals surface area (Å²) < 4.78 is 44.8. The van der Waals surface area contributed by atoms with Crippen LogP contribution in [0.1, 0.15) is 6.92 Å². The third kappa shape index (κ3) is 4.32. The van der Waals surface area contributed by atoms with E-state index in [1.807, 2.05) is 0 Å². The Labute approximate surface area is 148 Å². The van der Waals surface area contributed by atoms with E-state index in [9.17, 15) is 5.11 Å². The molecule has 0 amide bonds. The third-order valence-electron chi connectivity index (χ3n) is 4.78. The van der Waals surface area contributed by atoms with Crippen molar-refractivity contribution in [1.82, 2.24) is 0 Å². The van der Waals surface area contributed by atoms with Gasteiger partial charge in [-0.1, -0.05) is 0 Å². The average Bonchev–Trinajstić information content (AvgIpc) is 2.63. The van der Waals surface area contributed by atoms with Crippen LogP contribution in [0.5, 0.6) is 0 Å². The largest absolute Gasteiger partial charge is 0.388 e. The number of ether oxygens (including phenoxy) is 8. The molecule has 0 aliphatic carbocycles. The smallest absolute Gasteiger partial charge is 0.187 e. The lowest BCUT2D eigenvalue weighted by Crippen LogP contribution is -2.63. The van der Waals surface area contributed by atoms with Crippen molar-refractivity contribution in [1.29, 1.82) is 0 Å². The van der Waals surface area contributed by atoms with Crippen molar-refractivity contribution in [3.63, 3.8) is 0 Å². The lowest BCUT2D eigenvalue weighted by atomic mass is 9.98. The molecule has 0 bridgehead atoms. The first-order chi connectivity index (χ1) is 12.0. The first-order valence-corrected chi connectivity index (χ1v) is 8.26. The van der Waals surface area contributed by atoms with Crippen LogP contribution >= 0.6 is 0 Å². The van der Waals surface area contributed by atoms with Crippen molar-refractivity contribution >= 4 is 0 Å². The van der Waals surface area contributed by atoms with E-state index in [1.165, 1.54) is 21.3 Å². The fourth-order valence-corrected chi connectivity index (χ4v) is 3.33. The minimum atomic E-state index is -0.826. The Balaban J connectivity index is 2.20. The summed E-state index contributed by atoms with van der Waals surface area (Å²) in [4.78, 5) is 0. The molecular formula is C16H30O9. The Hall–Kier alpha value is -0.360. The minimum Gasteiger partial charge on any atom is -0.388 e. The number of hydrogen-bond donors (Lipinski definition) is 1. The molecule has 2 heterocycles. The van der Waals surface area contributed by atoms with Crippen molar-refractivity contribution in [3.05, 3.63) is 0 Å². The summed E-state index contributed by atoms with van der Waals surface area (Å²) >= 11 is 0. The number of aliphatic hydroxyl groups excluding tert-OH is 1. The van der Waals surface area contributed by atoms with Gasteiger partial charge in [-0.05, 0) is 6.92 Å². The van der Waals surface area contributed by atoms with Gasteiger partial charge in [-0.25, -0.2) is 0 Å². The lowest BCUT2D eigenvalue weighted by Gasteiger charge is -2.46. The van der Waals surface area contributed by atoms with Crippen LogP contribution in [0.25, 0.3) is 0 Å². The summed E-state index contributed by atoms with van der Waals surface area (Å²) in [6, 6.07) is 0. The van der Waals surface area contributed by atoms with Gasteiger partial charge in [-0.15, -0.1) is 0 Å². The second kappa shape index (κ2) is 9.54. The Morgan fingerprint density at radius 3 is 1.88 bits per heavy atom. The van der Waals surface area contributed by atoms with Crippen LogP contribution in [-0.2, 0) is 37.9 Å². The highest BCUT2D eigenvalue weighted by Crippen LogP contribution is 2.30. The molecule has 2 rings (SSSR count). The van der Waals surface area contributed by atoms with E-state index in [4.69, 9.17) is 37.9 Å². The van der Waals surface area contributed by atoms with Crippen LogP contribution in [0.2, 0.25) is 0 Å². The van der Waals surface area contributed by atoms with Gasteiger partial charge < -0.3 is 43.0 Å². The molecule has 0 unspecified atom stereocenters. The maximum Gasteiger partial charge on any atom is 0.187 e. The molecule has 0 saturated carbocycles. The summed E-state index contributed by atoms with van der Waals surface area (Å²) in [5, 5.41) is 10.3. The average molecular weight is 366 g/mol. The summed E-state index contributed by atoms with van der Waals surface area (Å²) in [5.41, 5.74) is 0. The molecular weight excluding hydrogens is 336 g/mol. The second-order valence-electron chi connectivity index (χ2n) is 6.11. The molecule has 2 saturated heterocycles. The monoisotopic (exact) mass is 366 g/mol. The van der Waals surface area contributed by atoms with E-state index in [1.54, 1.807) is 21.1 Å². The Morgan fingerprint density at radius 2 is 1.36 bits per heavy atom. The maximum atomic E-state index is 10.3. The van der Waals surface area contributed by atoms with E-state index in [-0.39, 0.29) is 12.7 Å². The molecule has 0 aromatic heterocycles. The zero-order chi connectivity index (χ0) is 18.6. The first kappa shape index (κ1) is 20.9. The molecule has 1 N–H and O–H groups in total. The zero-order valence-electron chi connectivity index (χ0n) is 15.6. The predicted octanol–water partition coefficient (Wildman–Crippen LogP) is -0.460. The summed E-state index contributed by atoms with van der Waals surface area (Å²) in [7, 11) is 7.69. The zero-order valence-corrected chi connectivity index (χ0v) is 15.6. The highest BCUT2D eigenvalue weighted by atomic mass is 16.7. The number of methoxy groups -OCH3 is 5. The van der Waals surface area contributed by atoms with Gasteiger partial charge in [0.1, 0.15) is 36.6 Å². The van der Waals surface area contributed by atoms with Gasteiger partial charge in [0.25, 0.3) is 0 Å². The molecule has 9 nitrogen and oxygen atoms in total. The van der Waals surface area contributed by atoms with Gasteiger partial charge in [-0.2, -0.15) is 0 Å². The van der Waals surface area contributed by atoms with E-state index in [0.717, 1.165) is 0 Å². The van der Waals surface area contributed by atoms with Crippen LogP contribution in [0, 0.1) is 0 Å². The molecule has 0 radical (unpaired) electrons. The highest BCUT2D eigenvalue weighted by molar-refractivity contribution is 4.92. The quantitative estimate of drug-likeness (QED) is 0.642. The van der Waals surface area contributed by atoms with Crippen molar-refractivity contribution < 1.29 is 43.0 Å². The second-order valence-corrected chi connectivity index (χ2v) is 6.11. The number of rotatable bonds is 7. The number of hydrogen-bond acceptors (Lipinski definition) is 9. The topological polar surface area (TPSA) is 94.1 Å². The molecule has 2 aliphatic rings. The van der Waals surface area contributed by atoms with Crippen molar-refractivity contribution in [3.8, 4) is 0 Å². The summed E-state index contributed by atoms with van der Waals surface area (Å²) in [6.45, 7) is 2.04. The van der Waals surface area contributed by atoms with Gasteiger partial charge in [-0.3, -0.25) is 0 Å². The maximum absolute atomic E-state index is 10.3. The fraction of sp³-hybridized carbons (Fsp3) is 1.00. The molecule has 0 spiro atoms. The van der Waals surface area contributed by atoms with E-state index >= 15 is 0 Å². The molecule has 2 fully saturated rings. The molecule has 9 atom stereocenters. The number of aliphatic hydroxyl groups is 1. The van der Waals surface area contributed by atoms with Crippen LogP contribution in [0.15, 0.2) is 0 Å². The molecule has 0 aromatic carbocycles. The van der Waals surface area contributed by atoms with E-state index in [2.05, 4.69) is 0 Å². The first-order valence-electron chi connectivity index (χ1n) is 8.26. The van der Waals surface area contributed by atoms with Crippen molar-refractivity contribution in [2.24, 2.45) is 0 Å². The third-order valence-corrected chi connectivity index (χ3v) is 4.78. The van der Waals surface area contributed by atoms with Crippen LogP contribution in [-0.4, -0.2) is 103 Å².